The van der Waals surface area contributed by atoms with Crippen molar-refractivity contribution >= 4 is 11.6 Å². The van der Waals surface area contributed by atoms with Crippen LogP contribution in [0.5, 0.6) is 17.2 Å². The maximum atomic E-state index is 12.0. The molecule has 0 aliphatic carbocycles. The number of aromatic hydroxyl groups is 2. The summed E-state index contributed by atoms with van der Waals surface area (Å²) < 4.78 is 28.2. The molecule has 0 saturated carbocycles. The Kier molecular flexibility index (Phi) is 4.22. The van der Waals surface area contributed by atoms with E-state index in [4.69, 9.17) is 0 Å². The molecular weight excluding hydrogens is 284 g/mol. The van der Waals surface area contributed by atoms with E-state index >= 15 is 0 Å². The Labute approximate surface area is 118 Å². The minimum atomic E-state index is -2.93. The Morgan fingerprint density at radius 2 is 1.62 bits per heavy atom. The fourth-order valence-electron chi connectivity index (χ4n) is 1.67. The zero-order valence-corrected chi connectivity index (χ0v) is 10.6. The molecule has 1 amide bonds. The third-order valence-electron chi connectivity index (χ3n) is 2.58. The van der Waals surface area contributed by atoms with E-state index in [1.54, 1.807) is 0 Å². The van der Waals surface area contributed by atoms with Crippen molar-refractivity contribution < 1.29 is 28.5 Å². The summed E-state index contributed by atoms with van der Waals surface area (Å²) in [5.74, 6) is -1.52. The number of carbonyl (C=O) groups excluding carboxylic acids is 1. The summed E-state index contributed by atoms with van der Waals surface area (Å²) in [6.45, 7) is -2.93. The highest BCUT2D eigenvalue weighted by Crippen LogP contribution is 2.27. The van der Waals surface area contributed by atoms with E-state index in [0.29, 0.717) is 5.69 Å². The summed E-state index contributed by atoms with van der Waals surface area (Å²) >= 11 is 0. The molecule has 2 aromatic carbocycles. The van der Waals surface area contributed by atoms with Gasteiger partial charge in [0.2, 0.25) is 0 Å². The summed E-state index contributed by atoms with van der Waals surface area (Å²) in [4.78, 5) is 11.9. The molecule has 2 aromatic rings. The highest BCUT2D eigenvalue weighted by Gasteiger charge is 2.16. The predicted octanol–water partition coefficient (Wildman–Crippen LogP) is 2.95. The van der Waals surface area contributed by atoms with Gasteiger partial charge < -0.3 is 20.3 Å². The highest BCUT2D eigenvalue weighted by molar-refractivity contribution is 6.08. The number of hydrogen-bond donors (Lipinski definition) is 3. The van der Waals surface area contributed by atoms with Crippen LogP contribution in [0.1, 0.15) is 10.4 Å². The van der Waals surface area contributed by atoms with E-state index in [-0.39, 0.29) is 22.8 Å². The topological polar surface area (TPSA) is 78.8 Å². The SMILES string of the molecule is O=C(Nc1ccc(OC(F)F)cc1)c1c(O)cccc1O. The molecule has 21 heavy (non-hydrogen) atoms. The van der Waals surface area contributed by atoms with Gasteiger partial charge in [-0.15, -0.1) is 0 Å². The van der Waals surface area contributed by atoms with Crippen LogP contribution in [0.15, 0.2) is 42.5 Å². The first kappa shape index (κ1) is 14.6. The van der Waals surface area contributed by atoms with Gasteiger partial charge in [-0.1, -0.05) is 6.07 Å². The normalized spacial score (nSPS) is 10.4. The maximum Gasteiger partial charge on any atom is 0.387 e. The summed E-state index contributed by atoms with van der Waals surface area (Å²) in [5, 5.41) is 21.5. The van der Waals surface area contributed by atoms with Crippen LogP contribution in [-0.4, -0.2) is 22.7 Å². The number of alkyl halides is 2. The summed E-state index contributed by atoms with van der Waals surface area (Å²) in [5.41, 5.74) is 0.0228. The molecule has 0 atom stereocenters. The molecule has 0 saturated heterocycles. The fraction of sp³-hybridized carbons (Fsp3) is 0.0714. The van der Waals surface area contributed by atoms with Gasteiger partial charge in [-0.05, 0) is 36.4 Å². The van der Waals surface area contributed by atoms with Crippen molar-refractivity contribution in [1.82, 2.24) is 0 Å². The molecular formula is C14H11F2NO4. The molecule has 5 nitrogen and oxygen atoms in total. The zero-order chi connectivity index (χ0) is 15.4. The van der Waals surface area contributed by atoms with Crippen molar-refractivity contribution in [2.24, 2.45) is 0 Å². The molecule has 0 radical (unpaired) electrons. The Morgan fingerprint density at radius 3 is 2.14 bits per heavy atom. The van der Waals surface area contributed by atoms with E-state index < -0.39 is 12.5 Å². The van der Waals surface area contributed by atoms with Crippen LogP contribution in [0.4, 0.5) is 14.5 Å². The van der Waals surface area contributed by atoms with Crippen molar-refractivity contribution in [3.63, 3.8) is 0 Å². The van der Waals surface area contributed by atoms with Crippen molar-refractivity contribution in [1.29, 1.82) is 0 Å². The number of halogens is 2. The van der Waals surface area contributed by atoms with Crippen LogP contribution in [0, 0.1) is 0 Å². The minimum absolute atomic E-state index is 0.0478. The van der Waals surface area contributed by atoms with Gasteiger partial charge >= 0.3 is 6.61 Å². The average molecular weight is 295 g/mol. The van der Waals surface area contributed by atoms with Crippen LogP contribution in [0.25, 0.3) is 0 Å². The van der Waals surface area contributed by atoms with Gasteiger partial charge in [0.25, 0.3) is 5.91 Å². The van der Waals surface area contributed by atoms with Gasteiger partial charge in [-0.2, -0.15) is 8.78 Å². The van der Waals surface area contributed by atoms with Crippen molar-refractivity contribution in [2.45, 2.75) is 6.61 Å². The molecule has 0 aliphatic rings. The molecule has 7 heteroatoms. The number of phenols is 2. The average Bonchev–Trinajstić information content (AvgIpc) is 2.40. The number of ether oxygens (including phenoxy) is 1. The quantitative estimate of drug-likeness (QED) is 0.810. The lowest BCUT2D eigenvalue weighted by molar-refractivity contribution is -0.0498. The standard InChI is InChI=1S/C14H11F2NO4/c15-14(16)21-9-6-4-8(5-7-9)17-13(20)12-10(18)2-1-3-11(12)19/h1-7,14,18-19H,(H,17,20). The van der Waals surface area contributed by atoms with Crippen molar-refractivity contribution in [3.8, 4) is 17.2 Å². The van der Waals surface area contributed by atoms with Gasteiger partial charge in [-0.3, -0.25) is 4.79 Å². The molecule has 0 heterocycles. The van der Waals surface area contributed by atoms with Crippen LogP contribution in [0.3, 0.4) is 0 Å². The van der Waals surface area contributed by atoms with E-state index in [0.717, 1.165) is 0 Å². The monoisotopic (exact) mass is 295 g/mol. The Bertz CT molecular complexity index is 624. The Balaban J connectivity index is 2.13. The highest BCUT2D eigenvalue weighted by atomic mass is 19.3. The molecule has 0 fully saturated rings. The summed E-state index contributed by atoms with van der Waals surface area (Å²) in [6.07, 6.45) is 0. The second kappa shape index (κ2) is 6.08. The van der Waals surface area contributed by atoms with Gasteiger partial charge in [0.05, 0.1) is 0 Å². The number of nitrogens with one attached hydrogen (secondary N) is 1. The van der Waals surface area contributed by atoms with Crippen LogP contribution in [-0.2, 0) is 0 Å². The summed E-state index contributed by atoms with van der Waals surface area (Å²) in [6, 6.07) is 9.12. The second-order valence-electron chi connectivity index (χ2n) is 4.03. The smallest absolute Gasteiger partial charge is 0.387 e. The van der Waals surface area contributed by atoms with Crippen LogP contribution < -0.4 is 10.1 Å². The zero-order valence-electron chi connectivity index (χ0n) is 10.6. The molecule has 110 valence electrons. The summed E-state index contributed by atoms with van der Waals surface area (Å²) in [7, 11) is 0. The van der Waals surface area contributed by atoms with Gasteiger partial charge in [0.15, 0.2) is 0 Å². The van der Waals surface area contributed by atoms with Crippen LogP contribution >= 0.6 is 0 Å². The molecule has 3 N–H and O–H groups in total. The molecule has 0 aromatic heterocycles. The lowest BCUT2D eigenvalue weighted by Crippen LogP contribution is -2.12. The molecule has 0 aliphatic heterocycles. The van der Waals surface area contributed by atoms with E-state index in [2.05, 4.69) is 10.1 Å². The fourth-order valence-corrected chi connectivity index (χ4v) is 1.67. The lowest BCUT2D eigenvalue weighted by atomic mass is 10.1. The Hall–Kier alpha value is -2.83. The number of amides is 1. The predicted molar refractivity (Wildman–Crippen MR) is 70.8 cm³/mol. The second-order valence-corrected chi connectivity index (χ2v) is 4.03. The van der Waals surface area contributed by atoms with E-state index in [9.17, 15) is 23.8 Å². The number of phenolic OH excluding ortho intramolecular Hbond substituents is 2. The number of anilines is 1. The largest absolute Gasteiger partial charge is 0.507 e. The molecule has 0 unspecified atom stereocenters. The van der Waals surface area contributed by atoms with Gasteiger partial charge in [-0.25, -0.2) is 0 Å². The first-order valence-electron chi connectivity index (χ1n) is 5.84. The third-order valence-corrected chi connectivity index (χ3v) is 2.58. The van der Waals surface area contributed by atoms with Gasteiger partial charge in [0.1, 0.15) is 22.8 Å². The third kappa shape index (κ3) is 3.59. The van der Waals surface area contributed by atoms with E-state index in [1.807, 2.05) is 0 Å². The maximum absolute atomic E-state index is 12.0. The van der Waals surface area contributed by atoms with E-state index in [1.165, 1.54) is 42.5 Å². The molecule has 2 rings (SSSR count). The number of rotatable bonds is 4. The number of carbonyl (C=O) groups is 1. The first-order chi connectivity index (χ1) is 9.97. The number of hydrogen-bond acceptors (Lipinski definition) is 4. The molecule has 0 bridgehead atoms. The van der Waals surface area contributed by atoms with Gasteiger partial charge in [0, 0.05) is 5.69 Å². The van der Waals surface area contributed by atoms with Crippen molar-refractivity contribution in [2.75, 3.05) is 5.32 Å². The first-order valence-corrected chi connectivity index (χ1v) is 5.84. The van der Waals surface area contributed by atoms with Crippen LogP contribution in [0.2, 0.25) is 0 Å². The Morgan fingerprint density at radius 1 is 1.05 bits per heavy atom. The number of benzene rings is 2. The molecule has 0 spiro atoms. The minimum Gasteiger partial charge on any atom is -0.507 e. The van der Waals surface area contributed by atoms with Crippen molar-refractivity contribution in [3.05, 3.63) is 48.0 Å². The lowest BCUT2D eigenvalue weighted by Gasteiger charge is -2.09.